The third-order valence-electron chi connectivity index (χ3n) is 21.9. The maximum Gasteiger partial charge on any atom is 0.328 e. The molecule has 1 aliphatic rings. The average Bonchev–Trinajstić information content (AvgIpc) is 1.70. The van der Waals surface area contributed by atoms with Crippen LogP contribution in [0.3, 0.4) is 0 Å². The van der Waals surface area contributed by atoms with Crippen LogP contribution in [0.5, 0.6) is 0 Å². The lowest BCUT2D eigenvalue weighted by Gasteiger charge is -2.31. The van der Waals surface area contributed by atoms with Crippen molar-refractivity contribution in [1.29, 1.82) is 10.8 Å². The molecule has 1 saturated heterocycles. The van der Waals surface area contributed by atoms with Crippen molar-refractivity contribution in [2.75, 3.05) is 78.7 Å². The van der Waals surface area contributed by atoms with Crippen LogP contribution in [0.1, 0.15) is 169 Å². The highest BCUT2D eigenvalue weighted by Crippen LogP contribution is 2.22. The van der Waals surface area contributed by atoms with E-state index in [1.165, 1.54) is 26.0 Å². The second-order valence-corrected chi connectivity index (χ2v) is 34.9. The highest BCUT2D eigenvalue weighted by molar-refractivity contribution is 6.02. The number of nitrogens with one attached hydrogen (secondary N) is 22. The van der Waals surface area contributed by atoms with Gasteiger partial charge in [0.15, 0.2) is 11.9 Å². The largest absolute Gasteiger partial charge is 0.481 e. The Kier molecular flexibility index (Phi) is 59.0. The summed E-state index contributed by atoms with van der Waals surface area (Å²) in [6, 6.07) is -18.0. The molecule has 2 rings (SSSR count). The number of aliphatic hydroxyl groups is 3. The van der Waals surface area contributed by atoms with Gasteiger partial charge < -0.3 is 176 Å². The molecule has 1 aliphatic heterocycles. The highest BCUT2D eigenvalue weighted by atomic mass is 16.4. The lowest BCUT2D eigenvalue weighted by molar-refractivity contribution is -0.143. The van der Waals surface area contributed by atoms with E-state index in [-0.39, 0.29) is 122 Å². The fourth-order valence-electron chi connectivity index (χ4n) is 14.3. The normalized spacial score (nSPS) is 15.1. The Balaban J connectivity index is 2.46. The predicted octanol–water partition coefficient (Wildman–Crippen LogP) is -13.6. The van der Waals surface area contributed by atoms with Crippen LogP contribution in [0.25, 0.3) is 0 Å². The van der Waals surface area contributed by atoms with Gasteiger partial charge in [0.1, 0.15) is 96.7 Å². The van der Waals surface area contributed by atoms with Gasteiger partial charge in [-0.15, -0.1) is 0 Å². The van der Waals surface area contributed by atoms with Crippen molar-refractivity contribution < 1.29 is 141 Å². The molecule has 0 radical (unpaired) electrons. The Hall–Kier alpha value is -14.7. The summed E-state index contributed by atoms with van der Waals surface area (Å²) in [6.45, 7) is 3.02. The van der Waals surface area contributed by atoms with Gasteiger partial charge in [0.05, 0.1) is 52.4 Å². The lowest BCUT2D eigenvalue weighted by atomic mass is 10.0. The van der Waals surface area contributed by atoms with Crippen LogP contribution in [-0.4, -0.2) is 359 Å². The number of aliphatic hydroxyl groups excluding tert-OH is 3. The summed E-state index contributed by atoms with van der Waals surface area (Å²) in [5.41, 5.74) is 33.6. The number of likely N-dealkylation sites (tertiary alicyclic amines) is 1. The standard InChI is InChI=1S/C87H145N29O29/c1-44(2)33-55(80(139)102-46(5)70(129)98-38-65(122)103-49(19-10-12-28-88)75(134)115-61(43-119)85(144)145)109-74(133)50(21-14-30-96-86(92)93)104-66(123)40-100-73(132)59(41-117)113-81(140)56(35-48-17-8-7-9-18-48)110-79(138)54(24-26-63(91)120)108-76(135)51(20-11-13-29-89)106-77(136)52(22-15-31-97-87(94)95)107-78(137)53(25-27-68(125)126)105-67(124)39-99-72(131)57(36-69(127)128)111-82(141)60(42-118)114-83(142)62-23-16-32-116(62)84(143)58(34-45(3)4)112-71(130)47(6)101-64(121)37-90/h7-9,17-18,44-47,49-62,117-119H,10-16,19-43,88-90H2,1-6H3,(H2,91,120)(H,98,129)(H,99,131)(H,100,132)(H,101,121)(H,102,139)(H,103,122)(H,104,123)(H,105,124)(H,106,136)(H,107,137)(H,108,135)(H,109,133)(H,110,138)(H,111,141)(H,112,130)(H,113,140)(H,114,142)(H,115,134)(H,125,126)(H,127,128)(H,144,145)(H4,92,93,96)(H4,94,95,97)/t46-,47-,49-,50-,51-,52-,53-,54-,55-,56-,57-,58-,59-,60-,61-,62-/m0/s1. The number of carbonyl (C=O) groups excluding carboxylic acids is 20. The Morgan fingerprint density at radius 2 is 0.731 bits per heavy atom. The molecule has 1 aromatic carbocycles. The first kappa shape index (κ1) is 126. The first-order valence-electron chi connectivity index (χ1n) is 47.2. The molecule has 1 fully saturated rings. The number of carbonyl (C=O) groups is 23. The molecular weight excluding hydrogens is 1920 g/mol. The zero-order chi connectivity index (χ0) is 109. The fourth-order valence-corrected chi connectivity index (χ4v) is 14.3. The molecule has 145 heavy (non-hydrogen) atoms. The number of nitrogens with zero attached hydrogens (tertiary/aromatic N) is 1. The highest BCUT2D eigenvalue weighted by Gasteiger charge is 2.42. The van der Waals surface area contributed by atoms with Crippen molar-refractivity contribution >= 4 is 148 Å². The van der Waals surface area contributed by atoms with E-state index in [0.29, 0.717) is 18.4 Å². The van der Waals surface area contributed by atoms with Gasteiger partial charge in [-0.25, -0.2) is 4.79 Å². The minimum Gasteiger partial charge on any atom is -0.481 e. The summed E-state index contributed by atoms with van der Waals surface area (Å²) < 4.78 is 0. The lowest BCUT2D eigenvalue weighted by Crippen LogP contribution is -2.60. The van der Waals surface area contributed by atoms with E-state index >= 15 is 0 Å². The van der Waals surface area contributed by atoms with Crippen molar-refractivity contribution in [3.63, 3.8) is 0 Å². The van der Waals surface area contributed by atoms with Gasteiger partial charge >= 0.3 is 17.9 Å². The van der Waals surface area contributed by atoms with Crippen molar-refractivity contribution in [2.24, 2.45) is 46.2 Å². The van der Waals surface area contributed by atoms with Crippen LogP contribution in [0.15, 0.2) is 30.3 Å². The van der Waals surface area contributed by atoms with E-state index < -0.39 is 329 Å². The van der Waals surface area contributed by atoms with E-state index in [9.17, 15) is 141 Å². The molecule has 0 unspecified atom stereocenters. The Labute approximate surface area is 835 Å². The van der Waals surface area contributed by atoms with Crippen LogP contribution in [0.2, 0.25) is 0 Å². The average molecular weight is 2060 g/mol. The number of unbranched alkanes of at least 4 members (excludes halogenated alkanes) is 2. The molecule has 812 valence electrons. The Morgan fingerprint density at radius 3 is 1.17 bits per heavy atom. The van der Waals surface area contributed by atoms with Crippen molar-refractivity contribution in [1.82, 2.24) is 111 Å². The van der Waals surface area contributed by atoms with Gasteiger partial charge in [-0.3, -0.25) is 116 Å². The van der Waals surface area contributed by atoms with E-state index in [1.807, 2.05) is 0 Å². The summed E-state index contributed by atoms with van der Waals surface area (Å²) in [5.74, 6) is -27.2. The van der Waals surface area contributed by atoms with Crippen molar-refractivity contribution in [3.05, 3.63) is 35.9 Å². The van der Waals surface area contributed by atoms with E-state index in [2.05, 4.69) is 106 Å². The molecule has 1 aromatic rings. The fraction of sp³-hybridized carbons (Fsp3) is 0.644. The maximum absolute atomic E-state index is 14.7. The third-order valence-corrected chi connectivity index (χ3v) is 21.9. The van der Waals surface area contributed by atoms with Gasteiger partial charge in [0.25, 0.3) is 0 Å². The van der Waals surface area contributed by atoms with Crippen molar-refractivity contribution in [2.45, 2.75) is 267 Å². The second kappa shape index (κ2) is 67.7. The van der Waals surface area contributed by atoms with Crippen molar-refractivity contribution in [3.8, 4) is 0 Å². The number of primary amides is 1. The molecule has 0 saturated carbocycles. The van der Waals surface area contributed by atoms with E-state index in [4.69, 9.17) is 45.2 Å². The first-order chi connectivity index (χ1) is 68.4. The molecule has 16 atom stereocenters. The second-order valence-electron chi connectivity index (χ2n) is 34.9. The van der Waals surface area contributed by atoms with Crippen LogP contribution in [0, 0.1) is 22.7 Å². The number of carboxylic acid groups (broad SMARTS) is 3. The molecule has 0 aliphatic carbocycles. The predicted molar refractivity (Wildman–Crippen MR) is 513 cm³/mol. The maximum atomic E-state index is 14.7. The monoisotopic (exact) mass is 2060 g/mol. The number of aliphatic carboxylic acids is 3. The third kappa shape index (κ3) is 50.2. The minimum absolute atomic E-state index is 0.00133. The van der Waals surface area contributed by atoms with Gasteiger partial charge in [-0.2, -0.15) is 0 Å². The number of hydrogen-bond acceptors (Lipinski definition) is 31. The zero-order valence-corrected chi connectivity index (χ0v) is 81.9. The zero-order valence-electron chi connectivity index (χ0n) is 81.9. The van der Waals surface area contributed by atoms with Crippen LogP contribution in [-0.2, 0) is 117 Å². The van der Waals surface area contributed by atoms with Crippen LogP contribution < -0.4 is 141 Å². The topological polar surface area (TPSA) is 962 Å². The number of nitrogens with two attached hydrogens (primary N) is 6. The van der Waals surface area contributed by atoms with E-state index in [0.717, 1.165) is 4.90 Å². The number of hydrogen-bond donors (Lipinski definition) is 34. The molecule has 40 N–H and O–H groups in total. The number of rotatable bonds is 71. The SMILES string of the molecule is CC(C)C[C@H](NC(=O)[C@H](CCCNC(=N)N)NC(=O)CNC(=O)[C@H](CO)NC(=O)[C@H](Cc1ccccc1)NC(=O)[C@H](CCC(N)=O)NC(=O)[C@H](CCCCN)NC(=O)[C@H](CCCNC(=N)N)NC(=O)[C@H](CCC(=O)O)NC(=O)CNC(=O)[C@H](CC(=O)O)NC(=O)[C@H](CO)NC(=O)[C@@H]1CCCN1C(=O)[C@H](CC(C)C)NC(=O)[C@H](C)NC(=O)CN)C(=O)N[C@@H](C)C(=O)NCC(=O)N[C@@H](CCCCN)C(=O)N[C@@H](CO)C(=O)O. The Bertz CT molecular complexity index is 4580. The molecule has 58 heteroatoms. The summed E-state index contributed by atoms with van der Waals surface area (Å²) in [5, 5.41) is 122. The molecule has 0 bridgehead atoms. The molecule has 1 heterocycles. The number of amides is 20. The molecule has 58 nitrogen and oxygen atoms in total. The minimum atomic E-state index is -2.07. The summed E-state index contributed by atoms with van der Waals surface area (Å²) in [7, 11) is 0. The van der Waals surface area contributed by atoms with Crippen LogP contribution in [0.4, 0.5) is 0 Å². The number of benzene rings is 1. The molecule has 20 amide bonds. The smallest absolute Gasteiger partial charge is 0.328 e. The first-order valence-corrected chi connectivity index (χ1v) is 47.2. The Morgan fingerprint density at radius 1 is 0.366 bits per heavy atom. The number of guanidine groups is 2. The summed E-state index contributed by atoms with van der Waals surface area (Å²) in [6.07, 6.45) is -4.05. The van der Waals surface area contributed by atoms with Gasteiger partial charge in [0, 0.05) is 38.9 Å². The molecule has 0 aromatic heterocycles. The summed E-state index contributed by atoms with van der Waals surface area (Å²) in [4.78, 5) is 311. The van der Waals surface area contributed by atoms with E-state index in [1.54, 1.807) is 45.9 Å². The number of carboxylic acids is 3. The quantitative estimate of drug-likeness (QED) is 0.0164. The summed E-state index contributed by atoms with van der Waals surface area (Å²) >= 11 is 0. The van der Waals surface area contributed by atoms with Gasteiger partial charge in [-0.05, 0) is 147 Å². The van der Waals surface area contributed by atoms with Gasteiger partial charge in [-0.1, -0.05) is 58.0 Å². The molecule has 0 spiro atoms. The van der Waals surface area contributed by atoms with Gasteiger partial charge in [0.2, 0.25) is 118 Å². The van der Waals surface area contributed by atoms with Crippen LogP contribution >= 0.6 is 0 Å². The molecular formula is C87H145N29O29.